The summed E-state index contributed by atoms with van der Waals surface area (Å²) in [6.07, 6.45) is 5.43. The third kappa shape index (κ3) is 7.68. The zero-order chi connectivity index (χ0) is 18.8. The lowest BCUT2D eigenvalue weighted by Crippen LogP contribution is -2.41. The van der Waals surface area contributed by atoms with Gasteiger partial charge in [-0.25, -0.2) is 0 Å². The summed E-state index contributed by atoms with van der Waals surface area (Å²) in [5.74, 6) is 1.76. The van der Waals surface area contributed by atoms with Crippen molar-refractivity contribution in [2.75, 3.05) is 25.0 Å². The van der Waals surface area contributed by atoms with Crippen LogP contribution in [0.15, 0.2) is 29.3 Å². The smallest absolute Gasteiger partial charge is 0.225 e. The molecule has 0 bridgehead atoms. The summed E-state index contributed by atoms with van der Waals surface area (Å²) in [6, 6.07) is 8.06. The molecule has 0 fully saturated rings. The molecule has 1 heterocycles. The van der Waals surface area contributed by atoms with Gasteiger partial charge in [0, 0.05) is 37.7 Å². The van der Waals surface area contributed by atoms with Gasteiger partial charge in [0.15, 0.2) is 5.96 Å². The number of benzene rings is 1. The van der Waals surface area contributed by atoms with Crippen molar-refractivity contribution in [3.05, 3.63) is 29.8 Å². The molecule has 3 N–H and O–H groups in total. The van der Waals surface area contributed by atoms with E-state index in [1.807, 2.05) is 18.2 Å². The van der Waals surface area contributed by atoms with Crippen molar-refractivity contribution < 1.29 is 4.79 Å². The molecule has 1 aromatic rings. The lowest BCUT2D eigenvalue weighted by atomic mass is 9.90. The number of nitrogens with one attached hydrogen (secondary N) is 3. The number of hydrogen-bond acceptors (Lipinski definition) is 2. The zero-order valence-electron chi connectivity index (χ0n) is 16.9. The summed E-state index contributed by atoms with van der Waals surface area (Å²) >= 11 is 0. The van der Waals surface area contributed by atoms with Crippen molar-refractivity contribution in [1.82, 2.24) is 10.6 Å². The molecule has 0 spiro atoms. The van der Waals surface area contributed by atoms with Crippen LogP contribution in [0.25, 0.3) is 0 Å². The van der Waals surface area contributed by atoms with E-state index in [-0.39, 0.29) is 35.8 Å². The first-order valence-corrected chi connectivity index (χ1v) is 10.1. The molecule has 1 aliphatic rings. The molecule has 2 unspecified atom stereocenters. The molecular formula is C21H35IN4O. The lowest BCUT2D eigenvalue weighted by Gasteiger charge is -2.26. The Kier molecular flexibility index (Phi) is 11.4. The molecule has 1 aromatic carbocycles. The van der Waals surface area contributed by atoms with Gasteiger partial charge in [-0.1, -0.05) is 51.3 Å². The number of hydrogen-bond donors (Lipinski definition) is 3. The highest BCUT2D eigenvalue weighted by molar-refractivity contribution is 14.0. The van der Waals surface area contributed by atoms with Crippen molar-refractivity contribution in [3.63, 3.8) is 0 Å². The number of amides is 1. The first-order valence-electron chi connectivity index (χ1n) is 10.1. The largest absolute Gasteiger partial charge is 0.357 e. The highest BCUT2D eigenvalue weighted by Crippen LogP contribution is 2.31. The number of halogens is 1. The molecule has 5 nitrogen and oxygen atoms in total. The first-order chi connectivity index (χ1) is 12.7. The van der Waals surface area contributed by atoms with Crippen molar-refractivity contribution in [3.8, 4) is 0 Å². The summed E-state index contributed by atoms with van der Waals surface area (Å²) in [5.41, 5.74) is 2.13. The fourth-order valence-corrected chi connectivity index (χ4v) is 3.38. The summed E-state index contributed by atoms with van der Waals surface area (Å²) < 4.78 is 0. The predicted octanol–water partition coefficient (Wildman–Crippen LogP) is 4.50. The second kappa shape index (κ2) is 13.0. The second-order valence-corrected chi connectivity index (χ2v) is 7.05. The highest BCUT2D eigenvalue weighted by Gasteiger charge is 2.24. The van der Waals surface area contributed by atoms with Crippen LogP contribution < -0.4 is 16.0 Å². The Morgan fingerprint density at radius 1 is 1.26 bits per heavy atom. The van der Waals surface area contributed by atoms with Gasteiger partial charge >= 0.3 is 0 Å². The summed E-state index contributed by atoms with van der Waals surface area (Å²) in [7, 11) is 0. The normalized spacial score (nSPS) is 17.4. The van der Waals surface area contributed by atoms with Crippen LogP contribution in [-0.2, 0) is 4.79 Å². The van der Waals surface area contributed by atoms with Gasteiger partial charge in [0.25, 0.3) is 0 Å². The molecule has 0 aromatic heterocycles. The SMILES string of the molecule is CCCCC(CC)CN=C(NCC)NCC1CC(=O)Nc2ccccc21.I. The molecule has 27 heavy (non-hydrogen) atoms. The maximum Gasteiger partial charge on any atom is 0.225 e. The molecule has 0 radical (unpaired) electrons. The van der Waals surface area contributed by atoms with E-state index in [0.717, 1.165) is 24.7 Å². The van der Waals surface area contributed by atoms with Crippen molar-refractivity contribution in [2.45, 2.75) is 58.8 Å². The summed E-state index contributed by atoms with van der Waals surface area (Å²) in [4.78, 5) is 16.8. The molecule has 152 valence electrons. The van der Waals surface area contributed by atoms with E-state index in [1.54, 1.807) is 0 Å². The number of aliphatic imine (C=N–C) groups is 1. The number of anilines is 1. The monoisotopic (exact) mass is 486 g/mol. The van der Waals surface area contributed by atoms with Crippen LogP contribution in [0.1, 0.15) is 64.4 Å². The minimum absolute atomic E-state index is 0. The maximum absolute atomic E-state index is 12.0. The number of rotatable bonds is 9. The van der Waals surface area contributed by atoms with Gasteiger partial charge in [0.05, 0.1) is 0 Å². The molecule has 1 aliphatic heterocycles. The van der Waals surface area contributed by atoms with E-state index >= 15 is 0 Å². The third-order valence-electron chi connectivity index (χ3n) is 5.02. The lowest BCUT2D eigenvalue weighted by molar-refractivity contribution is -0.116. The Morgan fingerprint density at radius 2 is 2.04 bits per heavy atom. The van der Waals surface area contributed by atoms with E-state index in [1.165, 1.54) is 31.2 Å². The number of unbranched alkanes of at least 4 members (excludes halogenated alkanes) is 1. The highest BCUT2D eigenvalue weighted by atomic mass is 127. The predicted molar refractivity (Wildman–Crippen MR) is 125 cm³/mol. The third-order valence-corrected chi connectivity index (χ3v) is 5.02. The van der Waals surface area contributed by atoms with Crippen molar-refractivity contribution in [1.29, 1.82) is 0 Å². The van der Waals surface area contributed by atoms with Gasteiger partial charge in [-0.2, -0.15) is 0 Å². The van der Waals surface area contributed by atoms with E-state index in [2.05, 4.69) is 42.8 Å². The topological polar surface area (TPSA) is 65.5 Å². The Bertz CT molecular complexity index is 606. The van der Waals surface area contributed by atoms with E-state index in [0.29, 0.717) is 18.9 Å². The average molecular weight is 486 g/mol. The van der Waals surface area contributed by atoms with E-state index < -0.39 is 0 Å². The van der Waals surface area contributed by atoms with Crippen molar-refractivity contribution in [2.24, 2.45) is 10.9 Å². The first kappa shape index (κ1) is 23.7. The molecule has 2 atom stereocenters. The Balaban J connectivity index is 0.00000364. The number of para-hydroxylation sites is 1. The molecule has 0 saturated carbocycles. The molecule has 2 rings (SSSR count). The Morgan fingerprint density at radius 3 is 2.74 bits per heavy atom. The molecule has 0 aliphatic carbocycles. The van der Waals surface area contributed by atoms with Crippen LogP contribution in [0, 0.1) is 5.92 Å². The van der Waals surface area contributed by atoms with Gasteiger partial charge in [-0.15, -0.1) is 24.0 Å². The van der Waals surface area contributed by atoms with Gasteiger partial charge < -0.3 is 16.0 Å². The average Bonchev–Trinajstić information content (AvgIpc) is 2.65. The molecular weight excluding hydrogens is 451 g/mol. The molecule has 1 amide bonds. The van der Waals surface area contributed by atoms with Crippen LogP contribution in [0.3, 0.4) is 0 Å². The van der Waals surface area contributed by atoms with E-state index in [4.69, 9.17) is 4.99 Å². The fraction of sp³-hybridized carbons (Fsp3) is 0.619. The van der Waals surface area contributed by atoms with Gasteiger partial charge in [0.2, 0.25) is 5.91 Å². The molecule has 6 heteroatoms. The van der Waals surface area contributed by atoms with Crippen LogP contribution in [0.4, 0.5) is 5.69 Å². The van der Waals surface area contributed by atoms with Gasteiger partial charge in [-0.05, 0) is 30.9 Å². The number of carbonyl (C=O) groups excluding carboxylic acids is 1. The summed E-state index contributed by atoms with van der Waals surface area (Å²) in [6.45, 7) is 8.96. The number of guanidine groups is 1. The van der Waals surface area contributed by atoms with Crippen LogP contribution in [-0.4, -0.2) is 31.5 Å². The van der Waals surface area contributed by atoms with Crippen molar-refractivity contribution >= 4 is 41.5 Å². The van der Waals surface area contributed by atoms with Crippen LogP contribution >= 0.6 is 24.0 Å². The minimum atomic E-state index is 0. The maximum atomic E-state index is 12.0. The fourth-order valence-electron chi connectivity index (χ4n) is 3.38. The van der Waals surface area contributed by atoms with Crippen LogP contribution in [0.5, 0.6) is 0 Å². The zero-order valence-corrected chi connectivity index (χ0v) is 19.2. The molecule has 0 saturated heterocycles. The summed E-state index contributed by atoms with van der Waals surface area (Å²) in [5, 5.41) is 9.73. The Hall–Kier alpha value is -1.31. The Labute approximate surface area is 181 Å². The van der Waals surface area contributed by atoms with E-state index in [9.17, 15) is 4.79 Å². The second-order valence-electron chi connectivity index (χ2n) is 7.05. The number of nitrogens with zero attached hydrogens (tertiary/aromatic N) is 1. The standard InChI is InChI=1S/C21H34N4O.HI/c1-4-7-10-16(5-2)14-23-21(22-6-3)24-15-17-13-20(26)25-19-12-9-8-11-18(17)19;/h8-9,11-12,16-17H,4-7,10,13-15H2,1-3H3,(H,25,26)(H2,22,23,24);1H. The number of fused-ring (bicyclic) bond motifs is 1. The van der Waals surface area contributed by atoms with Crippen LogP contribution in [0.2, 0.25) is 0 Å². The quantitative estimate of drug-likeness (QED) is 0.274. The minimum Gasteiger partial charge on any atom is -0.357 e. The number of carbonyl (C=O) groups is 1. The van der Waals surface area contributed by atoms with Gasteiger partial charge in [0.1, 0.15) is 0 Å². The van der Waals surface area contributed by atoms with Gasteiger partial charge in [-0.3, -0.25) is 9.79 Å².